The third-order valence-corrected chi connectivity index (χ3v) is 7.46. The van der Waals surface area contributed by atoms with Crippen LogP contribution in [0.4, 0.5) is 4.39 Å². The summed E-state index contributed by atoms with van der Waals surface area (Å²) in [4.78, 5) is 0.852. The lowest BCUT2D eigenvalue weighted by atomic mass is 10.3. The van der Waals surface area contributed by atoms with Crippen molar-refractivity contribution in [3.63, 3.8) is 0 Å². The van der Waals surface area contributed by atoms with Gasteiger partial charge in [-0.1, -0.05) is 12.1 Å². The number of ether oxygens (including phenoxy) is 1. The number of rotatable bonds is 6. The van der Waals surface area contributed by atoms with Gasteiger partial charge < -0.3 is 4.74 Å². The zero-order chi connectivity index (χ0) is 18.7. The maximum absolute atomic E-state index is 13.7. The molecule has 1 aromatic carbocycles. The summed E-state index contributed by atoms with van der Waals surface area (Å²) >= 11 is 1.39. The second-order valence-corrected chi connectivity index (χ2v) is 9.03. The molecule has 1 aliphatic rings. The molecule has 1 saturated heterocycles. The van der Waals surface area contributed by atoms with E-state index in [2.05, 4.69) is 5.10 Å². The van der Waals surface area contributed by atoms with Crippen molar-refractivity contribution in [2.45, 2.75) is 30.2 Å². The minimum atomic E-state index is -3.58. The molecule has 26 heavy (non-hydrogen) atoms. The Balaban J connectivity index is 1.74. The highest BCUT2D eigenvalue weighted by Gasteiger charge is 2.31. The van der Waals surface area contributed by atoms with E-state index in [1.54, 1.807) is 36.7 Å². The molecule has 1 aliphatic heterocycles. The highest BCUT2D eigenvalue weighted by molar-refractivity contribution is 7.99. The van der Waals surface area contributed by atoms with Gasteiger partial charge in [0.1, 0.15) is 10.7 Å². The minimum Gasteiger partial charge on any atom is -0.379 e. The van der Waals surface area contributed by atoms with Crippen LogP contribution in [0.15, 0.2) is 34.1 Å². The average Bonchev–Trinajstić information content (AvgIpc) is 2.91. The first-order valence-electron chi connectivity index (χ1n) is 8.40. The number of halogens is 1. The van der Waals surface area contributed by atoms with Crippen LogP contribution in [0.1, 0.15) is 11.4 Å². The number of hydrogen-bond acceptors (Lipinski definition) is 5. The molecule has 0 aliphatic carbocycles. The molecule has 6 nitrogen and oxygen atoms in total. The summed E-state index contributed by atoms with van der Waals surface area (Å²) in [7, 11) is -3.58. The first-order valence-corrected chi connectivity index (χ1v) is 10.8. The molecule has 0 radical (unpaired) electrons. The Hall–Kier alpha value is -1.42. The van der Waals surface area contributed by atoms with Crippen LogP contribution in [0.3, 0.4) is 0 Å². The van der Waals surface area contributed by atoms with Gasteiger partial charge in [0.25, 0.3) is 0 Å². The summed E-state index contributed by atoms with van der Waals surface area (Å²) in [6, 6.07) is 6.61. The molecule has 0 atom stereocenters. The molecule has 3 rings (SSSR count). The van der Waals surface area contributed by atoms with Crippen molar-refractivity contribution in [3.8, 4) is 0 Å². The number of morpholine rings is 1. The highest BCUT2D eigenvalue weighted by Crippen LogP contribution is 2.26. The maximum Gasteiger partial charge on any atom is 0.246 e. The molecular weight excluding hydrogens is 377 g/mol. The molecular formula is C17H22FN3O3S2. The molecule has 2 heterocycles. The van der Waals surface area contributed by atoms with E-state index in [0.29, 0.717) is 54.9 Å². The number of hydrogen-bond donors (Lipinski definition) is 0. The Labute approximate surface area is 157 Å². The first-order chi connectivity index (χ1) is 12.4. The lowest BCUT2D eigenvalue weighted by molar-refractivity contribution is 0.0730. The predicted molar refractivity (Wildman–Crippen MR) is 98.4 cm³/mol. The van der Waals surface area contributed by atoms with Gasteiger partial charge in [-0.05, 0) is 26.0 Å². The molecule has 9 heteroatoms. The predicted octanol–water partition coefficient (Wildman–Crippen LogP) is 2.45. The van der Waals surface area contributed by atoms with Crippen LogP contribution in [-0.4, -0.2) is 54.6 Å². The van der Waals surface area contributed by atoms with Crippen molar-refractivity contribution >= 4 is 21.8 Å². The normalized spacial score (nSPS) is 16.1. The molecule has 0 saturated carbocycles. The average molecular weight is 400 g/mol. The summed E-state index contributed by atoms with van der Waals surface area (Å²) < 4.78 is 48.0. The fraction of sp³-hybridized carbons (Fsp3) is 0.471. The van der Waals surface area contributed by atoms with Crippen LogP contribution < -0.4 is 0 Å². The van der Waals surface area contributed by atoms with Gasteiger partial charge in [-0.15, -0.1) is 11.8 Å². The van der Waals surface area contributed by atoms with Gasteiger partial charge in [0, 0.05) is 23.7 Å². The number of sulfonamides is 1. The number of nitrogens with zero attached hydrogens (tertiary/aromatic N) is 3. The molecule has 1 fully saturated rings. The van der Waals surface area contributed by atoms with Gasteiger partial charge in [0.15, 0.2) is 0 Å². The standard InChI is InChI=1S/C17H22FN3O3S2/c1-13-17(26(22,23)20-7-10-24-11-8-20)14(2)21(19-13)9-12-25-16-6-4-3-5-15(16)18/h3-6H,7-12H2,1-2H3. The van der Waals surface area contributed by atoms with Crippen molar-refractivity contribution in [2.75, 3.05) is 32.1 Å². The van der Waals surface area contributed by atoms with E-state index in [9.17, 15) is 12.8 Å². The lowest BCUT2D eigenvalue weighted by Gasteiger charge is -2.26. The molecule has 0 spiro atoms. The van der Waals surface area contributed by atoms with Gasteiger partial charge >= 0.3 is 0 Å². The van der Waals surface area contributed by atoms with E-state index in [-0.39, 0.29) is 10.7 Å². The van der Waals surface area contributed by atoms with Gasteiger partial charge in [0.2, 0.25) is 10.0 Å². The lowest BCUT2D eigenvalue weighted by Crippen LogP contribution is -2.41. The largest absolute Gasteiger partial charge is 0.379 e. The summed E-state index contributed by atoms with van der Waals surface area (Å²) in [5.74, 6) is 0.349. The fourth-order valence-electron chi connectivity index (χ4n) is 2.99. The molecule has 0 unspecified atom stereocenters. The van der Waals surface area contributed by atoms with Crippen LogP contribution in [-0.2, 0) is 21.3 Å². The quantitative estimate of drug-likeness (QED) is 0.698. The van der Waals surface area contributed by atoms with Crippen molar-refractivity contribution in [1.29, 1.82) is 0 Å². The molecule has 0 amide bonds. The maximum atomic E-state index is 13.7. The van der Waals surface area contributed by atoms with Crippen LogP contribution in [0.25, 0.3) is 0 Å². The summed E-state index contributed by atoms with van der Waals surface area (Å²) in [6.07, 6.45) is 0. The minimum absolute atomic E-state index is 0.249. The second-order valence-electron chi connectivity index (χ2n) is 6.02. The Kier molecular flexibility index (Phi) is 6.01. The summed E-state index contributed by atoms with van der Waals surface area (Å²) in [6.45, 7) is 5.51. The zero-order valence-corrected chi connectivity index (χ0v) is 16.4. The van der Waals surface area contributed by atoms with Crippen LogP contribution >= 0.6 is 11.8 Å². The molecule has 2 aromatic rings. The summed E-state index contributed by atoms with van der Waals surface area (Å²) in [5, 5.41) is 4.40. The molecule has 0 bridgehead atoms. The van der Waals surface area contributed by atoms with E-state index >= 15 is 0 Å². The molecule has 1 aromatic heterocycles. The number of aryl methyl sites for hydroxylation is 2. The van der Waals surface area contributed by atoms with E-state index in [4.69, 9.17) is 4.74 Å². The monoisotopic (exact) mass is 399 g/mol. The first kappa shape index (κ1) is 19.3. The topological polar surface area (TPSA) is 64.4 Å². The Morgan fingerprint density at radius 3 is 2.62 bits per heavy atom. The third-order valence-electron chi connectivity index (χ3n) is 4.28. The fourth-order valence-corrected chi connectivity index (χ4v) is 5.64. The number of thioether (sulfide) groups is 1. The Morgan fingerprint density at radius 1 is 1.23 bits per heavy atom. The van der Waals surface area contributed by atoms with Gasteiger partial charge in [-0.25, -0.2) is 12.8 Å². The van der Waals surface area contributed by atoms with Crippen LogP contribution in [0.2, 0.25) is 0 Å². The van der Waals surface area contributed by atoms with E-state index in [1.807, 2.05) is 0 Å². The Morgan fingerprint density at radius 2 is 1.92 bits per heavy atom. The SMILES string of the molecule is Cc1nn(CCSc2ccccc2F)c(C)c1S(=O)(=O)N1CCOCC1. The van der Waals surface area contributed by atoms with Gasteiger partial charge in [0.05, 0.1) is 31.1 Å². The van der Waals surface area contributed by atoms with Crippen molar-refractivity contribution < 1.29 is 17.5 Å². The zero-order valence-electron chi connectivity index (χ0n) is 14.8. The van der Waals surface area contributed by atoms with Crippen molar-refractivity contribution in [1.82, 2.24) is 14.1 Å². The Bertz CT molecular complexity index is 877. The number of benzene rings is 1. The second kappa shape index (κ2) is 8.08. The van der Waals surface area contributed by atoms with Crippen molar-refractivity contribution in [3.05, 3.63) is 41.5 Å². The van der Waals surface area contributed by atoms with E-state index in [1.165, 1.54) is 22.1 Å². The van der Waals surface area contributed by atoms with Gasteiger partial charge in [-0.2, -0.15) is 9.40 Å². The molecule has 0 N–H and O–H groups in total. The molecule has 142 valence electrons. The highest BCUT2D eigenvalue weighted by atomic mass is 32.2. The third kappa shape index (κ3) is 3.95. The van der Waals surface area contributed by atoms with Crippen LogP contribution in [0, 0.1) is 19.7 Å². The van der Waals surface area contributed by atoms with E-state index in [0.717, 1.165) is 0 Å². The number of aromatic nitrogens is 2. The van der Waals surface area contributed by atoms with Crippen molar-refractivity contribution in [2.24, 2.45) is 0 Å². The van der Waals surface area contributed by atoms with Gasteiger partial charge in [-0.3, -0.25) is 4.68 Å². The van der Waals surface area contributed by atoms with Crippen LogP contribution in [0.5, 0.6) is 0 Å². The smallest absolute Gasteiger partial charge is 0.246 e. The van der Waals surface area contributed by atoms with E-state index < -0.39 is 10.0 Å². The summed E-state index contributed by atoms with van der Waals surface area (Å²) in [5.41, 5.74) is 1.10.